The molecule has 0 spiro atoms. The van der Waals surface area contributed by atoms with Crippen LogP contribution < -0.4 is 0 Å². The summed E-state index contributed by atoms with van der Waals surface area (Å²) in [6, 6.07) is 4.34. The average Bonchev–Trinajstić information content (AvgIpc) is 2.16. The van der Waals surface area contributed by atoms with Gasteiger partial charge in [-0.25, -0.2) is 4.39 Å². The van der Waals surface area contributed by atoms with E-state index in [9.17, 15) is 9.18 Å². The molecular weight excluding hydrogens is 178 g/mol. The number of hydrogen-bond donors (Lipinski definition) is 0. The molecular formula is C11H10BFO. The number of ketones is 1. The summed E-state index contributed by atoms with van der Waals surface area (Å²) in [5, 5.41) is 0. The van der Waals surface area contributed by atoms with Crippen LogP contribution >= 0.6 is 0 Å². The van der Waals surface area contributed by atoms with Crippen LogP contribution in [0.5, 0.6) is 0 Å². The fourth-order valence-electron chi connectivity index (χ4n) is 1.87. The Kier molecular flexibility index (Phi) is 2.18. The van der Waals surface area contributed by atoms with Crippen LogP contribution in [-0.2, 0) is 6.42 Å². The highest BCUT2D eigenvalue weighted by Gasteiger charge is 2.29. The number of benzene rings is 1. The molecule has 0 heterocycles. The minimum Gasteiger partial charge on any atom is -0.295 e. The van der Waals surface area contributed by atoms with Crippen LogP contribution in [0.25, 0.3) is 0 Å². The number of carbonyl (C=O) groups is 1. The molecule has 0 saturated carbocycles. The van der Waals surface area contributed by atoms with Crippen molar-refractivity contribution >= 4 is 13.6 Å². The first-order chi connectivity index (χ1) is 6.59. The largest absolute Gasteiger partial charge is 0.295 e. The molecule has 2 radical (unpaired) electrons. The SMILES string of the molecule is [B]C1C(=O)c2cc(F)ccc2CC1C. The molecule has 14 heavy (non-hydrogen) atoms. The summed E-state index contributed by atoms with van der Waals surface area (Å²) >= 11 is 0. The van der Waals surface area contributed by atoms with Gasteiger partial charge in [0, 0.05) is 5.56 Å². The van der Waals surface area contributed by atoms with E-state index in [0.717, 1.165) is 12.0 Å². The molecule has 2 unspecified atom stereocenters. The number of Topliss-reactive ketones (excluding diaryl/α,β-unsaturated/α-hetero) is 1. The molecule has 1 aromatic rings. The Labute approximate surface area is 83.7 Å². The maximum absolute atomic E-state index is 12.9. The summed E-state index contributed by atoms with van der Waals surface area (Å²) in [5.74, 6) is -0.859. The van der Waals surface area contributed by atoms with Crippen LogP contribution in [0.3, 0.4) is 0 Å². The van der Waals surface area contributed by atoms with Crippen LogP contribution in [-0.4, -0.2) is 13.6 Å². The molecule has 0 fully saturated rings. The van der Waals surface area contributed by atoms with Gasteiger partial charge in [0.15, 0.2) is 5.78 Å². The van der Waals surface area contributed by atoms with Crippen LogP contribution in [0.15, 0.2) is 18.2 Å². The van der Waals surface area contributed by atoms with Crippen LogP contribution in [0, 0.1) is 11.7 Å². The molecule has 0 amide bonds. The van der Waals surface area contributed by atoms with Crippen molar-refractivity contribution in [1.29, 1.82) is 0 Å². The van der Waals surface area contributed by atoms with Crippen molar-refractivity contribution in [1.82, 2.24) is 0 Å². The number of carbonyl (C=O) groups excluding carboxylic acids is 1. The summed E-state index contributed by atoms with van der Waals surface area (Å²) in [7, 11) is 5.71. The lowest BCUT2D eigenvalue weighted by Crippen LogP contribution is -2.25. The molecule has 1 aliphatic rings. The van der Waals surface area contributed by atoms with Crippen molar-refractivity contribution in [3.05, 3.63) is 35.1 Å². The van der Waals surface area contributed by atoms with Gasteiger partial charge in [0.05, 0.1) is 7.85 Å². The van der Waals surface area contributed by atoms with E-state index in [1.165, 1.54) is 12.1 Å². The van der Waals surface area contributed by atoms with Gasteiger partial charge in [-0.15, -0.1) is 0 Å². The first-order valence-electron chi connectivity index (χ1n) is 4.68. The van der Waals surface area contributed by atoms with Crippen molar-refractivity contribution in [2.24, 2.45) is 5.92 Å². The standard InChI is InChI=1S/C11H10BFO/c1-6-4-7-2-3-8(13)5-9(7)11(14)10(6)12/h2-3,5-6,10H,4H2,1H3. The first kappa shape index (κ1) is 9.44. The Hall–Kier alpha value is -1.12. The van der Waals surface area contributed by atoms with E-state index in [2.05, 4.69) is 0 Å². The molecule has 0 saturated heterocycles. The van der Waals surface area contributed by atoms with E-state index < -0.39 is 5.82 Å². The molecule has 0 bridgehead atoms. The normalized spacial score (nSPS) is 26.0. The predicted octanol–water partition coefficient (Wildman–Crippen LogP) is 2.16. The number of hydrogen-bond acceptors (Lipinski definition) is 1. The van der Waals surface area contributed by atoms with Gasteiger partial charge in [-0.2, -0.15) is 0 Å². The highest BCUT2D eigenvalue weighted by atomic mass is 19.1. The third-order valence-corrected chi connectivity index (χ3v) is 2.80. The maximum atomic E-state index is 12.9. The van der Waals surface area contributed by atoms with E-state index in [1.807, 2.05) is 6.92 Å². The molecule has 1 aliphatic carbocycles. The van der Waals surface area contributed by atoms with Crippen LogP contribution in [0.1, 0.15) is 22.8 Å². The maximum Gasteiger partial charge on any atom is 0.157 e. The molecule has 0 aromatic heterocycles. The second kappa shape index (κ2) is 3.23. The van der Waals surface area contributed by atoms with Gasteiger partial charge in [-0.05, 0) is 35.9 Å². The smallest absolute Gasteiger partial charge is 0.157 e. The zero-order chi connectivity index (χ0) is 10.3. The van der Waals surface area contributed by atoms with Crippen molar-refractivity contribution in [3.63, 3.8) is 0 Å². The van der Waals surface area contributed by atoms with E-state index in [1.54, 1.807) is 6.07 Å². The zero-order valence-corrected chi connectivity index (χ0v) is 7.96. The molecule has 1 aromatic carbocycles. The molecule has 2 rings (SSSR count). The Morgan fingerprint density at radius 1 is 1.50 bits per heavy atom. The topological polar surface area (TPSA) is 17.1 Å². The van der Waals surface area contributed by atoms with Gasteiger partial charge in [0.2, 0.25) is 0 Å². The second-order valence-electron chi connectivity index (χ2n) is 3.87. The Morgan fingerprint density at radius 2 is 2.21 bits per heavy atom. The lowest BCUT2D eigenvalue weighted by molar-refractivity contribution is 0.0954. The summed E-state index contributed by atoms with van der Waals surface area (Å²) < 4.78 is 12.9. The van der Waals surface area contributed by atoms with Gasteiger partial charge >= 0.3 is 0 Å². The molecule has 3 heteroatoms. The third kappa shape index (κ3) is 1.37. The van der Waals surface area contributed by atoms with E-state index in [4.69, 9.17) is 7.85 Å². The summed E-state index contributed by atoms with van der Waals surface area (Å²) in [6.07, 6.45) is 0.752. The predicted molar refractivity (Wildman–Crippen MR) is 53.1 cm³/mol. The van der Waals surface area contributed by atoms with E-state index >= 15 is 0 Å². The van der Waals surface area contributed by atoms with Crippen molar-refractivity contribution in [2.45, 2.75) is 19.2 Å². The lowest BCUT2D eigenvalue weighted by Gasteiger charge is -2.26. The Bertz CT molecular complexity index is 389. The summed E-state index contributed by atoms with van der Waals surface area (Å²) in [4.78, 5) is 11.7. The van der Waals surface area contributed by atoms with Gasteiger partial charge in [0.25, 0.3) is 0 Å². The fraction of sp³-hybridized carbons (Fsp3) is 0.364. The second-order valence-corrected chi connectivity index (χ2v) is 3.87. The number of rotatable bonds is 0. The summed E-state index contributed by atoms with van der Waals surface area (Å²) in [6.45, 7) is 1.94. The van der Waals surface area contributed by atoms with Gasteiger partial charge in [0.1, 0.15) is 5.82 Å². The molecule has 0 N–H and O–H groups in total. The van der Waals surface area contributed by atoms with Crippen molar-refractivity contribution in [3.8, 4) is 0 Å². The third-order valence-electron chi connectivity index (χ3n) is 2.80. The Balaban J connectivity index is 2.51. The monoisotopic (exact) mass is 188 g/mol. The highest BCUT2D eigenvalue weighted by Crippen LogP contribution is 2.32. The number of fused-ring (bicyclic) bond motifs is 1. The molecule has 70 valence electrons. The van der Waals surface area contributed by atoms with E-state index in [-0.39, 0.29) is 17.5 Å². The number of halogens is 1. The lowest BCUT2D eigenvalue weighted by atomic mass is 9.66. The quantitative estimate of drug-likeness (QED) is 0.570. The molecule has 1 nitrogen and oxygen atoms in total. The minimum absolute atomic E-state index is 0.139. The highest BCUT2D eigenvalue weighted by molar-refractivity contribution is 6.28. The van der Waals surface area contributed by atoms with Crippen LogP contribution in [0.4, 0.5) is 4.39 Å². The van der Waals surface area contributed by atoms with Crippen LogP contribution in [0.2, 0.25) is 5.82 Å². The van der Waals surface area contributed by atoms with Gasteiger partial charge < -0.3 is 0 Å². The van der Waals surface area contributed by atoms with Gasteiger partial charge in [-0.1, -0.05) is 13.0 Å². The fourth-order valence-corrected chi connectivity index (χ4v) is 1.87. The summed E-state index contributed by atoms with van der Waals surface area (Å²) in [5.41, 5.74) is 1.36. The van der Waals surface area contributed by atoms with Crippen molar-refractivity contribution in [2.75, 3.05) is 0 Å². The molecule has 0 aliphatic heterocycles. The minimum atomic E-state index is -0.482. The Morgan fingerprint density at radius 3 is 2.93 bits per heavy atom. The first-order valence-corrected chi connectivity index (χ1v) is 4.68. The van der Waals surface area contributed by atoms with E-state index in [0.29, 0.717) is 5.56 Å². The van der Waals surface area contributed by atoms with Gasteiger partial charge in [-0.3, -0.25) is 4.79 Å². The average molecular weight is 188 g/mol. The molecule has 2 atom stereocenters. The zero-order valence-electron chi connectivity index (χ0n) is 7.96. The van der Waals surface area contributed by atoms with Crippen molar-refractivity contribution < 1.29 is 9.18 Å².